The van der Waals surface area contributed by atoms with Crippen LogP contribution in [0.2, 0.25) is 0 Å². The van der Waals surface area contributed by atoms with E-state index in [0.29, 0.717) is 12.5 Å². The summed E-state index contributed by atoms with van der Waals surface area (Å²) in [5.41, 5.74) is 1.18. The first-order valence-corrected chi connectivity index (χ1v) is 7.69. The van der Waals surface area contributed by atoms with Crippen LogP contribution in [0.3, 0.4) is 0 Å². The van der Waals surface area contributed by atoms with Crippen LogP contribution in [0.1, 0.15) is 38.7 Å². The zero-order valence-electron chi connectivity index (χ0n) is 13.4. The Hall–Kier alpha value is -1.55. The maximum atomic E-state index is 12.5. The molecular weight excluding hydrogens is 264 g/mol. The zero-order chi connectivity index (χ0) is 15.4. The van der Waals surface area contributed by atoms with Crippen LogP contribution in [0.5, 0.6) is 5.75 Å². The van der Waals surface area contributed by atoms with Crippen LogP contribution in [0.25, 0.3) is 0 Å². The lowest BCUT2D eigenvalue weighted by atomic mass is 9.96. The normalized spacial score (nSPS) is 23.7. The number of nitrogens with zero attached hydrogens (tertiary/aromatic N) is 1. The summed E-state index contributed by atoms with van der Waals surface area (Å²) in [6.45, 7) is 8.05. The molecule has 21 heavy (non-hydrogen) atoms. The number of nitrogens with one attached hydrogen (secondary N) is 1. The third kappa shape index (κ3) is 3.76. The van der Waals surface area contributed by atoms with Crippen molar-refractivity contribution in [3.05, 3.63) is 29.8 Å². The molecule has 1 aliphatic rings. The number of carbonyl (C=O) groups excluding carboxylic acids is 1. The monoisotopic (exact) mass is 290 g/mol. The lowest BCUT2D eigenvalue weighted by Crippen LogP contribution is -2.57. The second-order valence-electron chi connectivity index (χ2n) is 5.95. The molecule has 116 valence electrons. The third-order valence-corrected chi connectivity index (χ3v) is 4.52. The summed E-state index contributed by atoms with van der Waals surface area (Å²) in [5.74, 6) is 1.32. The Morgan fingerprint density at radius 3 is 2.67 bits per heavy atom. The van der Waals surface area contributed by atoms with Crippen LogP contribution in [0, 0.1) is 0 Å². The maximum Gasteiger partial charge on any atom is 0.223 e. The van der Waals surface area contributed by atoms with Crippen molar-refractivity contribution < 1.29 is 9.53 Å². The van der Waals surface area contributed by atoms with Crippen molar-refractivity contribution >= 4 is 5.91 Å². The molecule has 4 heteroatoms. The predicted molar refractivity (Wildman–Crippen MR) is 84.7 cm³/mol. The van der Waals surface area contributed by atoms with E-state index in [1.807, 2.05) is 29.2 Å². The highest BCUT2D eigenvalue weighted by molar-refractivity contribution is 5.77. The summed E-state index contributed by atoms with van der Waals surface area (Å²) in [7, 11) is 1.66. The fourth-order valence-corrected chi connectivity index (χ4v) is 2.84. The van der Waals surface area contributed by atoms with Crippen LogP contribution in [0.4, 0.5) is 0 Å². The molecule has 0 spiro atoms. The van der Waals surface area contributed by atoms with Crippen LogP contribution in [-0.2, 0) is 4.79 Å². The molecule has 1 fully saturated rings. The minimum atomic E-state index is 0.223. The van der Waals surface area contributed by atoms with Crippen molar-refractivity contribution in [1.29, 1.82) is 0 Å². The summed E-state index contributed by atoms with van der Waals surface area (Å²) in [6, 6.07) is 8.60. The molecule has 1 N–H and O–H groups in total. The number of rotatable bonds is 4. The van der Waals surface area contributed by atoms with Crippen LogP contribution < -0.4 is 10.1 Å². The van der Waals surface area contributed by atoms with Crippen LogP contribution in [0.15, 0.2) is 24.3 Å². The number of amides is 1. The van der Waals surface area contributed by atoms with Gasteiger partial charge in [-0.25, -0.2) is 0 Å². The molecule has 3 unspecified atom stereocenters. The summed E-state index contributed by atoms with van der Waals surface area (Å²) in [6.07, 6.45) is 0.559. The number of hydrogen-bond donors (Lipinski definition) is 1. The van der Waals surface area contributed by atoms with Gasteiger partial charge in [0.05, 0.1) is 7.11 Å². The minimum Gasteiger partial charge on any atom is -0.497 e. The van der Waals surface area contributed by atoms with Crippen molar-refractivity contribution in [3.63, 3.8) is 0 Å². The molecule has 1 heterocycles. The van der Waals surface area contributed by atoms with Gasteiger partial charge in [0.2, 0.25) is 5.91 Å². The second kappa shape index (κ2) is 6.94. The number of ether oxygens (including phenoxy) is 1. The molecule has 0 radical (unpaired) electrons. The first-order valence-electron chi connectivity index (χ1n) is 7.69. The van der Waals surface area contributed by atoms with Crippen LogP contribution >= 0.6 is 0 Å². The van der Waals surface area contributed by atoms with Gasteiger partial charge in [-0.05, 0) is 37.5 Å². The van der Waals surface area contributed by atoms with E-state index in [2.05, 4.69) is 26.1 Å². The highest BCUT2D eigenvalue weighted by atomic mass is 16.5. The Bertz CT molecular complexity index is 472. The summed E-state index contributed by atoms with van der Waals surface area (Å²) in [5, 5.41) is 3.41. The van der Waals surface area contributed by atoms with Crippen molar-refractivity contribution in [3.8, 4) is 5.75 Å². The Kier molecular flexibility index (Phi) is 5.23. The second-order valence-corrected chi connectivity index (χ2v) is 5.95. The number of hydrogen-bond acceptors (Lipinski definition) is 3. The van der Waals surface area contributed by atoms with Crippen molar-refractivity contribution in [2.24, 2.45) is 0 Å². The maximum absolute atomic E-state index is 12.5. The Balaban J connectivity index is 1.97. The molecule has 1 amide bonds. The fourth-order valence-electron chi connectivity index (χ4n) is 2.84. The molecule has 1 aliphatic heterocycles. The lowest BCUT2D eigenvalue weighted by molar-refractivity contribution is -0.135. The number of methoxy groups -OCH3 is 1. The van der Waals surface area contributed by atoms with Crippen molar-refractivity contribution in [2.75, 3.05) is 20.2 Å². The topological polar surface area (TPSA) is 41.6 Å². The van der Waals surface area contributed by atoms with Crippen molar-refractivity contribution in [1.82, 2.24) is 10.2 Å². The smallest absolute Gasteiger partial charge is 0.223 e. The molecule has 1 aromatic rings. The summed E-state index contributed by atoms with van der Waals surface area (Å²) < 4.78 is 5.17. The molecule has 3 atom stereocenters. The highest BCUT2D eigenvalue weighted by Crippen LogP contribution is 2.23. The first-order chi connectivity index (χ1) is 10.0. The fraction of sp³-hybridized carbons (Fsp3) is 0.588. The van der Waals surface area contributed by atoms with E-state index in [0.717, 1.165) is 18.8 Å². The standard InChI is InChI=1S/C17H26N2O2/c1-12(15-5-7-16(21-4)8-6-15)11-17(20)19-10-9-18-13(2)14(19)3/h5-8,12-14,18H,9-11H2,1-4H3. The van der Waals surface area contributed by atoms with Gasteiger partial charge in [0, 0.05) is 31.6 Å². The van der Waals surface area contributed by atoms with Gasteiger partial charge in [-0.1, -0.05) is 19.1 Å². The molecule has 0 bridgehead atoms. The molecule has 0 aliphatic carbocycles. The van der Waals surface area contributed by atoms with E-state index in [1.165, 1.54) is 5.56 Å². The molecule has 0 aromatic heterocycles. The largest absolute Gasteiger partial charge is 0.497 e. The van der Waals surface area contributed by atoms with Gasteiger partial charge < -0.3 is 15.0 Å². The van der Waals surface area contributed by atoms with E-state index >= 15 is 0 Å². The van der Waals surface area contributed by atoms with Gasteiger partial charge in [-0.3, -0.25) is 4.79 Å². The zero-order valence-corrected chi connectivity index (χ0v) is 13.4. The van der Waals surface area contributed by atoms with E-state index in [9.17, 15) is 4.79 Å². The third-order valence-electron chi connectivity index (χ3n) is 4.52. The Labute approximate surface area is 127 Å². The molecule has 2 rings (SSSR count). The van der Waals surface area contributed by atoms with Crippen LogP contribution in [-0.4, -0.2) is 43.1 Å². The van der Waals surface area contributed by atoms with E-state index < -0.39 is 0 Å². The SMILES string of the molecule is COc1ccc(C(C)CC(=O)N2CCNC(C)C2C)cc1. The van der Waals surface area contributed by atoms with E-state index in [-0.39, 0.29) is 17.9 Å². The average Bonchev–Trinajstić information content (AvgIpc) is 2.50. The molecule has 0 saturated carbocycles. The Morgan fingerprint density at radius 1 is 1.38 bits per heavy atom. The Morgan fingerprint density at radius 2 is 2.05 bits per heavy atom. The number of carbonyl (C=O) groups is 1. The predicted octanol–water partition coefficient (Wildman–Crippen LogP) is 2.40. The number of piperazine rings is 1. The van der Waals surface area contributed by atoms with E-state index in [4.69, 9.17) is 4.74 Å². The van der Waals surface area contributed by atoms with Gasteiger partial charge in [0.25, 0.3) is 0 Å². The first kappa shape index (κ1) is 15.8. The van der Waals surface area contributed by atoms with Gasteiger partial charge in [-0.15, -0.1) is 0 Å². The molecule has 4 nitrogen and oxygen atoms in total. The van der Waals surface area contributed by atoms with E-state index in [1.54, 1.807) is 7.11 Å². The molecular formula is C17H26N2O2. The average molecular weight is 290 g/mol. The molecule has 1 saturated heterocycles. The van der Waals surface area contributed by atoms with Gasteiger partial charge in [0.15, 0.2) is 0 Å². The lowest BCUT2D eigenvalue weighted by Gasteiger charge is -2.39. The summed E-state index contributed by atoms with van der Waals surface area (Å²) >= 11 is 0. The highest BCUT2D eigenvalue weighted by Gasteiger charge is 2.28. The van der Waals surface area contributed by atoms with Gasteiger partial charge >= 0.3 is 0 Å². The van der Waals surface area contributed by atoms with Crippen molar-refractivity contribution in [2.45, 2.75) is 45.2 Å². The minimum absolute atomic E-state index is 0.223. The van der Waals surface area contributed by atoms with Gasteiger partial charge in [-0.2, -0.15) is 0 Å². The summed E-state index contributed by atoms with van der Waals surface area (Å²) in [4.78, 5) is 14.5. The molecule has 1 aromatic carbocycles. The van der Waals surface area contributed by atoms with Gasteiger partial charge in [0.1, 0.15) is 5.75 Å². The number of benzene rings is 1. The quantitative estimate of drug-likeness (QED) is 0.926.